The first-order valence-electron chi connectivity index (χ1n) is 11.0. The molecule has 2 aliphatic rings. The summed E-state index contributed by atoms with van der Waals surface area (Å²) in [7, 11) is -3.85. The number of nitrogens with two attached hydrogens (primary N) is 1. The number of amides is 2. The first kappa shape index (κ1) is 25.9. The monoisotopic (exact) mass is 529 g/mol. The fourth-order valence-electron chi connectivity index (χ4n) is 4.66. The lowest BCUT2D eigenvalue weighted by molar-refractivity contribution is -0.274. The lowest BCUT2D eigenvalue weighted by Gasteiger charge is -2.22. The highest BCUT2D eigenvalue weighted by Crippen LogP contribution is 2.32. The van der Waals surface area contributed by atoms with Gasteiger partial charge in [-0.2, -0.15) is 0 Å². The molecule has 2 amide bonds. The number of primary sulfonamides is 1. The highest BCUT2D eigenvalue weighted by atomic mass is 32.2. The second-order valence-electron chi connectivity index (χ2n) is 8.90. The first-order valence-corrected chi connectivity index (χ1v) is 12.6. The van der Waals surface area contributed by atoms with E-state index in [-0.39, 0.29) is 47.0 Å². The van der Waals surface area contributed by atoms with Gasteiger partial charge in [0, 0.05) is 56.1 Å². The third-order valence-corrected chi connectivity index (χ3v) is 7.35. The molecule has 2 N–H and O–H groups in total. The van der Waals surface area contributed by atoms with Crippen LogP contribution in [-0.4, -0.2) is 62.6 Å². The molecule has 0 spiro atoms. The van der Waals surface area contributed by atoms with Crippen molar-refractivity contribution in [3.05, 3.63) is 59.4 Å². The van der Waals surface area contributed by atoms with Crippen LogP contribution in [0, 0.1) is 17.7 Å². The van der Waals surface area contributed by atoms with Gasteiger partial charge in [0.2, 0.25) is 15.9 Å². The number of halogens is 4. The maximum absolute atomic E-state index is 14.1. The minimum Gasteiger partial charge on any atom is -0.406 e. The van der Waals surface area contributed by atoms with E-state index in [1.807, 2.05) is 0 Å². The largest absolute Gasteiger partial charge is 0.573 e. The number of rotatable bonds is 6. The Morgan fingerprint density at radius 2 is 1.56 bits per heavy atom. The van der Waals surface area contributed by atoms with Crippen LogP contribution in [-0.2, 0) is 21.2 Å². The van der Waals surface area contributed by atoms with Crippen LogP contribution < -0.4 is 9.88 Å². The van der Waals surface area contributed by atoms with Crippen LogP contribution in [0.5, 0.6) is 5.75 Å². The van der Waals surface area contributed by atoms with Crippen LogP contribution in [0.4, 0.5) is 17.6 Å². The van der Waals surface area contributed by atoms with E-state index in [9.17, 15) is 35.6 Å². The van der Waals surface area contributed by atoms with E-state index in [1.54, 1.807) is 9.80 Å². The normalized spacial score (nSPS) is 19.9. The predicted octanol–water partition coefficient (Wildman–Crippen LogP) is 2.53. The van der Waals surface area contributed by atoms with Crippen molar-refractivity contribution in [1.82, 2.24) is 9.80 Å². The van der Waals surface area contributed by atoms with Crippen molar-refractivity contribution in [2.75, 3.05) is 26.2 Å². The summed E-state index contributed by atoms with van der Waals surface area (Å²) in [6.07, 6.45) is -4.90. The quantitative estimate of drug-likeness (QED) is 0.579. The maximum Gasteiger partial charge on any atom is 0.573 e. The SMILES string of the molecule is NS(=O)(=O)c1ccc(C(=O)N2CC3CN(C(=O)CCc4ccc(OC(F)(F)F)cc4F)C[C@H]3C2)cc1. The van der Waals surface area contributed by atoms with Crippen molar-refractivity contribution in [3.8, 4) is 5.75 Å². The molecule has 2 fully saturated rings. The molecule has 0 radical (unpaired) electrons. The molecule has 194 valence electrons. The number of fused-ring (bicyclic) bond motifs is 1. The van der Waals surface area contributed by atoms with Crippen LogP contribution >= 0.6 is 0 Å². The zero-order valence-corrected chi connectivity index (χ0v) is 19.7. The van der Waals surface area contributed by atoms with Gasteiger partial charge in [0.05, 0.1) is 4.90 Å². The van der Waals surface area contributed by atoms with E-state index in [2.05, 4.69) is 4.74 Å². The smallest absolute Gasteiger partial charge is 0.406 e. The zero-order chi connectivity index (χ0) is 26.3. The van der Waals surface area contributed by atoms with E-state index in [4.69, 9.17) is 5.14 Å². The zero-order valence-electron chi connectivity index (χ0n) is 18.9. The van der Waals surface area contributed by atoms with Crippen molar-refractivity contribution in [3.63, 3.8) is 0 Å². The van der Waals surface area contributed by atoms with Crippen molar-refractivity contribution < 1.29 is 40.3 Å². The average Bonchev–Trinajstić information content (AvgIpc) is 3.36. The van der Waals surface area contributed by atoms with Gasteiger partial charge in [0.25, 0.3) is 5.91 Å². The van der Waals surface area contributed by atoms with E-state index < -0.39 is 28.0 Å². The number of carbonyl (C=O) groups is 2. The molecule has 1 unspecified atom stereocenters. The van der Waals surface area contributed by atoms with E-state index >= 15 is 0 Å². The van der Waals surface area contributed by atoms with Gasteiger partial charge in [0.1, 0.15) is 11.6 Å². The summed E-state index contributed by atoms with van der Waals surface area (Å²) in [4.78, 5) is 28.7. The van der Waals surface area contributed by atoms with E-state index in [1.165, 1.54) is 30.3 Å². The van der Waals surface area contributed by atoms with Gasteiger partial charge in [-0.25, -0.2) is 17.9 Å². The summed E-state index contributed by atoms with van der Waals surface area (Å²) >= 11 is 0. The fraction of sp³-hybridized carbons (Fsp3) is 0.391. The highest BCUT2D eigenvalue weighted by Gasteiger charge is 2.43. The number of likely N-dealkylation sites (tertiary alicyclic amines) is 2. The highest BCUT2D eigenvalue weighted by molar-refractivity contribution is 7.89. The minimum atomic E-state index is -4.92. The Morgan fingerprint density at radius 3 is 2.08 bits per heavy atom. The van der Waals surface area contributed by atoms with Gasteiger partial charge in [-0.05, 0) is 42.3 Å². The fourth-order valence-corrected chi connectivity index (χ4v) is 5.18. The number of carbonyl (C=O) groups excluding carboxylic acids is 2. The molecule has 2 aromatic carbocycles. The van der Waals surface area contributed by atoms with Crippen LogP contribution in [0.1, 0.15) is 22.3 Å². The molecule has 36 heavy (non-hydrogen) atoms. The van der Waals surface area contributed by atoms with E-state index in [0.717, 1.165) is 6.07 Å². The second-order valence-corrected chi connectivity index (χ2v) is 10.5. The van der Waals surface area contributed by atoms with Crippen LogP contribution in [0.25, 0.3) is 0 Å². The summed E-state index contributed by atoms with van der Waals surface area (Å²) in [5, 5.41) is 5.08. The summed E-state index contributed by atoms with van der Waals surface area (Å²) in [6, 6.07) is 8.19. The lowest BCUT2D eigenvalue weighted by atomic mass is 10.0. The Balaban J connectivity index is 1.28. The maximum atomic E-state index is 14.1. The van der Waals surface area contributed by atoms with Crippen molar-refractivity contribution >= 4 is 21.8 Å². The topological polar surface area (TPSA) is 110 Å². The van der Waals surface area contributed by atoms with Crippen molar-refractivity contribution in [1.29, 1.82) is 0 Å². The molecular weight excluding hydrogens is 506 g/mol. The molecule has 2 heterocycles. The Morgan fingerprint density at radius 1 is 0.972 bits per heavy atom. The molecule has 0 aromatic heterocycles. The van der Waals surface area contributed by atoms with Crippen molar-refractivity contribution in [2.24, 2.45) is 17.0 Å². The number of benzene rings is 2. The molecule has 2 atom stereocenters. The van der Waals surface area contributed by atoms with Crippen LogP contribution in [0.3, 0.4) is 0 Å². The van der Waals surface area contributed by atoms with Gasteiger partial charge in [0.15, 0.2) is 0 Å². The molecule has 0 saturated carbocycles. The lowest BCUT2D eigenvalue weighted by Crippen LogP contribution is -2.35. The Bertz CT molecular complexity index is 1250. The van der Waals surface area contributed by atoms with E-state index in [0.29, 0.717) is 37.8 Å². The number of hydrogen-bond acceptors (Lipinski definition) is 5. The Kier molecular flexibility index (Phi) is 6.97. The Hall–Kier alpha value is -3.19. The molecule has 13 heteroatoms. The predicted molar refractivity (Wildman–Crippen MR) is 119 cm³/mol. The van der Waals surface area contributed by atoms with Crippen molar-refractivity contribution in [2.45, 2.75) is 24.1 Å². The third kappa shape index (κ3) is 5.95. The standard InChI is InChI=1S/C23H23F4N3O5S/c24-20-9-18(35-23(25,26)27)5-1-14(20)4-8-21(31)29-10-16-12-30(13-17(16)11-29)22(32)15-2-6-19(7-3-15)36(28,33)34/h1-3,5-7,9,16-17H,4,8,10-13H2,(H2,28,33,34)/t16-,17?/m0/s1. The van der Waals surface area contributed by atoms with Gasteiger partial charge >= 0.3 is 6.36 Å². The summed E-state index contributed by atoms with van der Waals surface area (Å²) in [5.74, 6) is -1.82. The number of ether oxygens (including phenoxy) is 1. The molecule has 2 aliphatic heterocycles. The number of aryl methyl sites for hydroxylation is 1. The number of nitrogens with zero attached hydrogens (tertiary/aromatic N) is 2. The first-order chi connectivity index (χ1) is 16.8. The molecule has 8 nitrogen and oxygen atoms in total. The number of alkyl halides is 3. The molecular formula is C23H23F4N3O5S. The minimum absolute atomic E-state index is 0.00508. The molecule has 0 aliphatic carbocycles. The average molecular weight is 530 g/mol. The molecule has 2 saturated heterocycles. The van der Waals surface area contributed by atoms with Gasteiger partial charge < -0.3 is 14.5 Å². The molecule has 0 bridgehead atoms. The van der Waals surface area contributed by atoms with Crippen LogP contribution in [0.15, 0.2) is 47.4 Å². The number of hydrogen-bond donors (Lipinski definition) is 1. The van der Waals surface area contributed by atoms with Gasteiger partial charge in [-0.1, -0.05) is 6.07 Å². The summed E-state index contributed by atoms with van der Waals surface area (Å²) in [6.45, 7) is 1.77. The molecule has 2 aromatic rings. The number of sulfonamides is 1. The van der Waals surface area contributed by atoms with Gasteiger partial charge in [-0.15, -0.1) is 13.2 Å². The molecule has 4 rings (SSSR count). The summed E-state index contributed by atoms with van der Waals surface area (Å²) in [5.41, 5.74) is 0.450. The van der Waals surface area contributed by atoms with Crippen LogP contribution in [0.2, 0.25) is 0 Å². The second kappa shape index (κ2) is 9.69. The van der Waals surface area contributed by atoms with Gasteiger partial charge in [-0.3, -0.25) is 9.59 Å². The third-order valence-electron chi connectivity index (χ3n) is 6.42. The summed E-state index contributed by atoms with van der Waals surface area (Å²) < 4.78 is 77.4. The Labute approximate surface area is 204 Å².